The highest BCUT2D eigenvalue weighted by atomic mass is 32.2. The van der Waals surface area contributed by atoms with E-state index in [4.69, 9.17) is 4.74 Å². The van der Waals surface area contributed by atoms with Gasteiger partial charge in [-0.3, -0.25) is 4.90 Å². The molecular weight excluding hydrogens is 470 g/mol. The summed E-state index contributed by atoms with van der Waals surface area (Å²) < 4.78 is 58.4. The molecule has 0 radical (unpaired) electrons. The molecule has 0 unspecified atom stereocenters. The van der Waals surface area contributed by atoms with Crippen LogP contribution in [0.5, 0.6) is 5.75 Å². The highest BCUT2D eigenvalue weighted by molar-refractivity contribution is 8.08. The number of fused-ring (bicyclic) bond motifs is 1. The van der Waals surface area contributed by atoms with Crippen molar-refractivity contribution < 1.29 is 26.7 Å². The van der Waals surface area contributed by atoms with Crippen LogP contribution >= 0.6 is 11.8 Å². The molecule has 0 saturated carbocycles. The maximum Gasteiger partial charge on any atom is 0.343 e. The molecule has 2 aliphatic heterocycles. The highest BCUT2D eigenvalue weighted by Crippen LogP contribution is 2.43. The molecule has 0 N–H and O–H groups in total. The first-order valence-electron chi connectivity index (χ1n) is 9.73. The summed E-state index contributed by atoms with van der Waals surface area (Å²) in [5, 5.41) is 0.260. The zero-order chi connectivity index (χ0) is 23.8. The fraction of sp³-hybridized carbons (Fsp3) is 0.174. The monoisotopic (exact) mass is 488 g/mol. The lowest BCUT2D eigenvalue weighted by Crippen LogP contribution is -2.46. The molecule has 0 bridgehead atoms. The molecule has 2 heterocycles. The summed E-state index contributed by atoms with van der Waals surface area (Å²) in [6.07, 6.45) is 1.95. The molecule has 170 valence electrons. The first-order valence-corrected chi connectivity index (χ1v) is 12.0. The quantitative estimate of drug-likeness (QED) is 0.590. The number of carbonyl (C=O) groups is 1. The molecule has 10 heteroatoms. The van der Waals surface area contributed by atoms with Crippen LogP contribution in [0.3, 0.4) is 0 Å². The van der Waals surface area contributed by atoms with Crippen LogP contribution in [0.25, 0.3) is 0 Å². The van der Waals surface area contributed by atoms with Crippen molar-refractivity contribution in [1.29, 1.82) is 0 Å². The van der Waals surface area contributed by atoms with Gasteiger partial charge in [0, 0.05) is 12.6 Å². The Bertz CT molecular complexity index is 1360. The van der Waals surface area contributed by atoms with Gasteiger partial charge in [-0.15, -0.1) is 0 Å². The number of methoxy groups -OCH3 is 1. The van der Waals surface area contributed by atoms with Gasteiger partial charge in [0.05, 0.1) is 23.5 Å². The number of carbonyl (C=O) groups excluding carboxylic acids is 1. The van der Waals surface area contributed by atoms with Crippen molar-refractivity contribution in [3.63, 3.8) is 0 Å². The van der Waals surface area contributed by atoms with Crippen molar-refractivity contribution in [2.75, 3.05) is 7.11 Å². The zero-order valence-corrected chi connectivity index (χ0v) is 19.3. The SMILES string of the molecule is COc1ccc(CC#CC2=CN3C(=O)N(Cc4ccc(F)c(F)c4)S(=O)(=O)C(C)=C3S2)cc1. The second-order valence-corrected chi connectivity index (χ2v) is 10.2. The van der Waals surface area contributed by atoms with Gasteiger partial charge in [-0.05, 0) is 42.3 Å². The van der Waals surface area contributed by atoms with Crippen molar-refractivity contribution in [2.45, 2.75) is 19.9 Å². The minimum absolute atomic E-state index is 0.0158. The third-order valence-electron chi connectivity index (χ3n) is 5.04. The summed E-state index contributed by atoms with van der Waals surface area (Å²) >= 11 is 1.10. The van der Waals surface area contributed by atoms with E-state index < -0.39 is 34.2 Å². The number of hydrogen-bond donors (Lipinski definition) is 0. The Hall–Kier alpha value is -3.29. The first-order chi connectivity index (χ1) is 15.7. The van der Waals surface area contributed by atoms with Crippen LogP contribution < -0.4 is 4.74 Å². The van der Waals surface area contributed by atoms with Gasteiger partial charge >= 0.3 is 6.03 Å². The van der Waals surface area contributed by atoms with Crippen LogP contribution in [0.1, 0.15) is 18.1 Å². The standard InChI is InChI=1S/C23H18F2N2O4S2/c1-15-22-26(14-19(32-22)5-3-4-16-6-9-18(31-2)10-7-16)23(28)27(33(15,29)30)13-17-8-11-20(24)21(25)12-17/h6-12,14H,4,13H2,1-2H3. The van der Waals surface area contributed by atoms with E-state index in [2.05, 4.69) is 11.8 Å². The molecule has 2 aromatic rings. The predicted octanol–water partition coefficient (Wildman–Crippen LogP) is 4.56. The number of halogens is 2. The summed E-state index contributed by atoms with van der Waals surface area (Å²) in [6, 6.07) is 9.65. The molecule has 6 nitrogen and oxygen atoms in total. The zero-order valence-electron chi connectivity index (χ0n) is 17.6. The number of amides is 2. The van der Waals surface area contributed by atoms with Crippen LogP contribution in [0.15, 0.2) is 63.5 Å². The van der Waals surface area contributed by atoms with Gasteiger partial charge in [-0.2, -0.15) is 0 Å². The lowest BCUT2D eigenvalue weighted by atomic mass is 10.1. The Morgan fingerprint density at radius 1 is 1.06 bits per heavy atom. The van der Waals surface area contributed by atoms with Gasteiger partial charge in [0.25, 0.3) is 10.0 Å². The molecule has 0 aliphatic carbocycles. The van der Waals surface area contributed by atoms with E-state index in [9.17, 15) is 22.0 Å². The summed E-state index contributed by atoms with van der Waals surface area (Å²) in [5.74, 6) is 4.57. The van der Waals surface area contributed by atoms with Crippen molar-refractivity contribution in [3.8, 4) is 17.6 Å². The summed E-state index contributed by atoms with van der Waals surface area (Å²) in [5.41, 5.74) is 1.13. The number of sulfonamides is 1. The van der Waals surface area contributed by atoms with E-state index in [-0.39, 0.29) is 15.5 Å². The number of nitrogens with zero attached hydrogens (tertiary/aromatic N) is 2. The molecule has 2 amide bonds. The predicted molar refractivity (Wildman–Crippen MR) is 121 cm³/mol. The first kappa shape index (κ1) is 22.9. The summed E-state index contributed by atoms with van der Waals surface area (Å²) in [6.45, 7) is 0.980. The maximum atomic E-state index is 13.6. The summed E-state index contributed by atoms with van der Waals surface area (Å²) in [4.78, 5) is 14.7. The minimum atomic E-state index is -4.13. The Morgan fingerprint density at radius 3 is 2.42 bits per heavy atom. The molecular formula is C23H18F2N2O4S2. The molecule has 4 rings (SSSR count). The van der Waals surface area contributed by atoms with Crippen LogP contribution in [-0.4, -0.2) is 30.8 Å². The number of allylic oxidation sites excluding steroid dienone is 2. The van der Waals surface area contributed by atoms with E-state index in [0.717, 1.165) is 35.2 Å². The average Bonchev–Trinajstić information content (AvgIpc) is 3.22. The van der Waals surface area contributed by atoms with Crippen molar-refractivity contribution >= 4 is 27.8 Å². The Labute approximate surface area is 194 Å². The lowest BCUT2D eigenvalue weighted by molar-refractivity contribution is 0.203. The number of thioether (sulfide) groups is 1. The fourth-order valence-electron chi connectivity index (χ4n) is 3.23. The van der Waals surface area contributed by atoms with Crippen LogP contribution in [0.4, 0.5) is 13.6 Å². The van der Waals surface area contributed by atoms with E-state index in [1.165, 1.54) is 24.1 Å². The van der Waals surface area contributed by atoms with Gasteiger partial charge in [-0.1, -0.05) is 41.8 Å². The number of ether oxygens (including phenoxy) is 1. The summed E-state index contributed by atoms with van der Waals surface area (Å²) in [7, 11) is -2.54. The van der Waals surface area contributed by atoms with Crippen molar-refractivity contribution in [2.24, 2.45) is 0 Å². The highest BCUT2D eigenvalue weighted by Gasteiger charge is 2.43. The van der Waals surface area contributed by atoms with Gasteiger partial charge in [0.15, 0.2) is 11.6 Å². The van der Waals surface area contributed by atoms with Crippen LogP contribution in [-0.2, 0) is 23.0 Å². The van der Waals surface area contributed by atoms with E-state index >= 15 is 0 Å². The molecule has 0 spiro atoms. The molecule has 0 saturated heterocycles. The van der Waals surface area contributed by atoms with E-state index in [1.54, 1.807) is 7.11 Å². The molecule has 2 aromatic carbocycles. The topological polar surface area (TPSA) is 66.9 Å². The molecule has 0 atom stereocenters. The van der Waals surface area contributed by atoms with Gasteiger partial charge in [0.2, 0.25) is 0 Å². The molecule has 0 fully saturated rings. The smallest absolute Gasteiger partial charge is 0.343 e. The minimum Gasteiger partial charge on any atom is -0.497 e. The second-order valence-electron chi connectivity index (χ2n) is 7.20. The Morgan fingerprint density at radius 2 is 1.76 bits per heavy atom. The second kappa shape index (κ2) is 8.92. The normalized spacial score (nSPS) is 16.8. The lowest BCUT2D eigenvalue weighted by Gasteiger charge is -2.32. The van der Waals surface area contributed by atoms with Crippen LogP contribution in [0.2, 0.25) is 0 Å². The number of rotatable bonds is 4. The van der Waals surface area contributed by atoms with E-state index in [0.29, 0.717) is 15.6 Å². The van der Waals surface area contributed by atoms with Crippen LogP contribution in [0, 0.1) is 23.5 Å². The number of urea groups is 1. The molecule has 0 aromatic heterocycles. The Balaban J connectivity index is 1.56. The Kier molecular flexibility index (Phi) is 6.19. The fourth-order valence-corrected chi connectivity index (χ4v) is 5.79. The molecule has 2 aliphatic rings. The van der Waals surface area contributed by atoms with Gasteiger partial charge in [0.1, 0.15) is 10.8 Å². The van der Waals surface area contributed by atoms with Crippen molar-refractivity contribution in [1.82, 2.24) is 9.21 Å². The molecule has 33 heavy (non-hydrogen) atoms. The van der Waals surface area contributed by atoms with Gasteiger partial charge < -0.3 is 4.74 Å². The van der Waals surface area contributed by atoms with Gasteiger partial charge in [-0.25, -0.2) is 26.3 Å². The van der Waals surface area contributed by atoms with Crippen molar-refractivity contribution in [3.05, 3.63) is 86.3 Å². The average molecular weight is 489 g/mol. The third-order valence-corrected chi connectivity index (χ3v) is 8.13. The largest absolute Gasteiger partial charge is 0.497 e. The maximum absolute atomic E-state index is 13.6. The third kappa shape index (κ3) is 4.47. The van der Waals surface area contributed by atoms with E-state index in [1.807, 2.05) is 24.3 Å². The number of benzene rings is 2. The number of hydrogen-bond acceptors (Lipinski definition) is 5.